The second-order valence-corrected chi connectivity index (χ2v) is 3.72. The fraction of sp³-hybridized carbons (Fsp3) is 0.417. The van der Waals surface area contributed by atoms with Crippen molar-refractivity contribution in [1.82, 2.24) is 5.32 Å². The van der Waals surface area contributed by atoms with Crippen molar-refractivity contribution < 1.29 is 4.79 Å². The number of nitrogens with two attached hydrogens (primary N) is 1. The van der Waals surface area contributed by atoms with Gasteiger partial charge in [0.1, 0.15) is 0 Å². The van der Waals surface area contributed by atoms with Gasteiger partial charge in [-0.05, 0) is 38.1 Å². The summed E-state index contributed by atoms with van der Waals surface area (Å²) in [6.07, 6.45) is 0. The fourth-order valence-corrected chi connectivity index (χ4v) is 1.32. The van der Waals surface area contributed by atoms with Crippen LogP contribution in [0, 0.1) is 0 Å². The summed E-state index contributed by atoms with van der Waals surface area (Å²) in [5.41, 5.74) is 7.16. The number of carbonyl (C=O) groups is 1. The Morgan fingerprint density at radius 2 is 2.00 bits per heavy atom. The summed E-state index contributed by atoms with van der Waals surface area (Å²) >= 11 is 0. The van der Waals surface area contributed by atoms with E-state index in [-0.39, 0.29) is 11.9 Å². The van der Waals surface area contributed by atoms with E-state index in [1.54, 1.807) is 12.1 Å². The van der Waals surface area contributed by atoms with Crippen LogP contribution >= 0.6 is 0 Å². The summed E-state index contributed by atoms with van der Waals surface area (Å²) in [4.78, 5) is 11.5. The molecule has 16 heavy (non-hydrogen) atoms. The molecule has 0 saturated heterocycles. The molecule has 1 unspecified atom stereocenters. The van der Waals surface area contributed by atoms with Gasteiger partial charge >= 0.3 is 0 Å². The lowest BCUT2D eigenvalue weighted by atomic mass is 10.2. The minimum Gasteiger partial charge on any atom is -0.381 e. The highest BCUT2D eigenvalue weighted by molar-refractivity contribution is 5.94. The number of rotatable bonds is 5. The number of benzene rings is 1. The largest absolute Gasteiger partial charge is 0.381 e. The first kappa shape index (κ1) is 12.5. The quantitative estimate of drug-likeness (QED) is 0.699. The van der Waals surface area contributed by atoms with Crippen molar-refractivity contribution in [3.63, 3.8) is 0 Å². The highest BCUT2D eigenvalue weighted by Crippen LogP contribution is 2.10. The SMILES string of the molecule is CCNC(=O)c1ccc(NC(C)CN)cc1. The topological polar surface area (TPSA) is 67.2 Å². The minimum atomic E-state index is -0.0408. The zero-order chi connectivity index (χ0) is 12.0. The van der Waals surface area contributed by atoms with Crippen LogP contribution in [0.4, 0.5) is 5.69 Å². The minimum absolute atomic E-state index is 0.0408. The Balaban J connectivity index is 2.64. The van der Waals surface area contributed by atoms with E-state index in [1.807, 2.05) is 26.0 Å². The maximum atomic E-state index is 11.5. The molecular formula is C12H19N3O. The maximum absolute atomic E-state index is 11.5. The summed E-state index contributed by atoms with van der Waals surface area (Å²) in [5.74, 6) is -0.0408. The molecule has 0 spiro atoms. The molecule has 1 amide bonds. The molecule has 0 aliphatic rings. The van der Waals surface area contributed by atoms with Gasteiger partial charge in [-0.2, -0.15) is 0 Å². The van der Waals surface area contributed by atoms with Crippen LogP contribution < -0.4 is 16.4 Å². The van der Waals surface area contributed by atoms with Crippen LogP contribution in [0.25, 0.3) is 0 Å². The van der Waals surface area contributed by atoms with Gasteiger partial charge in [0.25, 0.3) is 5.91 Å². The molecule has 88 valence electrons. The summed E-state index contributed by atoms with van der Waals surface area (Å²) in [6.45, 7) is 5.13. The Bertz CT molecular complexity index is 335. The van der Waals surface area contributed by atoms with Crippen LogP contribution in [0.3, 0.4) is 0 Å². The summed E-state index contributed by atoms with van der Waals surface area (Å²) in [7, 11) is 0. The van der Waals surface area contributed by atoms with Gasteiger partial charge in [-0.25, -0.2) is 0 Å². The second kappa shape index (κ2) is 6.12. The van der Waals surface area contributed by atoms with Crippen molar-refractivity contribution in [1.29, 1.82) is 0 Å². The van der Waals surface area contributed by atoms with E-state index < -0.39 is 0 Å². The van der Waals surface area contributed by atoms with Gasteiger partial charge in [0.2, 0.25) is 0 Å². The molecule has 1 rings (SSSR count). The number of carbonyl (C=O) groups excluding carboxylic acids is 1. The predicted molar refractivity (Wildman–Crippen MR) is 66.6 cm³/mol. The van der Waals surface area contributed by atoms with Crippen LogP contribution in [-0.4, -0.2) is 25.0 Å². The lowest BCUT2D eigenvalue weighted by Crippen LogP contribution is -2.25. The van der Waals surface area contributed by atoms with Crippen molar-refractivity contribution in [3.05, 3.63) is 29.8 Å². The number of anilines is 1. The molecular weight excluding hydrogens is 202 g/mol. The van der Waals surface area contributed by atoms with E-state index in [1.165, 1.54) is 0 Å². The van der Waals surface area contributed by atoms with Gasteiger partial charge in [0.15, 0.2) is 0 Å². The standard InChI is InChI=1S/C12H19N3O/c1-3-14-12(16)10-4-6-11(7-5-10)15-9(2)8-13/h4-7,9,15H,3,8,13H2,1-2H3,(H,14,16). The number of hydrogen-bond acceptors (Lipinski definition) is 3. The summed E-state index contributed by atoms with van der Waals surface area (Å²) < 4.78 is 0. The Labute approximate surface area is 96.2 Å². The van der Waals surface area contributed by atoms with Crippen LogP contribution in [-0.2, 0) is 0 Å². The lowest BCUT2D eigenvalue weighted by Gasteiger charge is -2.13. The third-order valence-corrected chi connectivity index (χ3v) is 2.25. The van der Waals surface area contributed by atoms with Crippen molar-refractivity contribution in [2.45, 2.75) is 19.9 Å². The smallest absolute Gasteiger partial charge is 0.251 e. The molecule has 0 aromatic heterocycles. The maximum Gasteiger partial charge on any atom is 0.251 e. The zero-order valence-corrected chi connectivity index (χ0v) is 9.79. The fourth-order valence-electron chi connectivity index (χ4n) is 1.32. The first-order valence-corrected chi connectivity index (χ1v) is 5.52. The van der Waals surface area contributed by atoms with Gasteiger partial charge in [-0.1, -0.05) is 0 Å². The van der Waals surface area contributed by atoms with E-state index in [4.69, 9.17) is 5.73 Å². The van der Waals surface area contributed by atoms with Crippen LogP contribution in [0.1, 0.15) is 24.2 Å². The number of hydrogen-bond donors (Lipinski definition) is 3. The van der Waals surface area contributed by atoms with Crippen molar-refractivity contribution in [2.24, 2.45) is 5.73 Å². The third kappa shape index (κ3) is 3.55. The monoisotopic (exact) mass is 221 g/mol. The van der Waals surface area contributed by atoms with Crippen molar-refractivity contribution in [3.8, 4) is 0 Å². The Hall–Kier alpha value is -1.55. The Kier molecular flexibility index (Phi) is 4.79. The molecule has 0 saturated carbocycles. The molecule has 4 nitrogen and oxygen atoms in total. The molecule has 4 heteroatoms. The van der Waals surface area contributed by atoms with E-state index in [0.717, 1.165) is 5.69 Å². The molecule has 1 aromatic rings. The lowest BCUT2D eigenvalue weighted by molar-refractivity contribution is 0.0956. The van der Waals surface area contributed by atoms with Crippen LogP contribution in [0.2, 0.25) is 0 Å². The summed E-state index contributed by atoms with van der Waals surface area (Å²) in [5, 5.41) is 5.99. The number of amides is 1. The molecule has 1 atom stereocenters. The summed E-state index contributed by atoms with van der Waals surface area (Å²) in [6, 6.07) is 7.61. The highest BCUT2D eigenvalue weighted by Gasteiger charge is 2.04. The van der Waals surface area contributed by atoms with Gasteiger partial charge in [0.05, 0.1) is 0 Å². The zero-order valence-electron chi connectivity index (χ0n) is 9.79. The second-order valence-electron chi connectivity index (χ2n) is 3.72. The molecule has 0 aliphatic carbocycles. The van der Waals surface area contributed by atoms with E-state index in [0.29, 0.717) is 18.7 Å². The van der Waals surface area contributed by atoms with Crippen molar-refractivity contribution in [2.75, 3.05) is 18.4 Å². The van der Waals surface area contributed by atoms with E-state index in [9.17, 15) is 4.79 Å². The highest BCUT2D eigenvalue weighted by atomic mass is 16.1. The molecule has 0 bridgehead atoms. The Morgan fingerprint density at radius 1 is 1.38 bits per heavy atom. The molecule has 1 aromatic carbocycles. The molecule has 0 aliphatic heterocycles. The van der Waals surface area contributed by atoms with Gasteiger partial charge in [-0.15, -0.1) is 0 Å². The van der Waals surface area contributed by atoms with Crippen LogP contribution in [0.15, 0.2) is 24.3 Å². The van der Waals surface area contributed by atoms with Crippen LogP contribution in [0.5, 0.6) is 0 Å². The van der Waals surface area contributed by atoms with Gasteiger partial charge < -0.3 is 16.4 Å². The average Bonchev–Trinajstić information content (AvgIpc) is 2.30. The molecule has 0 radical (unpaired) electrons. The molecule has 0 heterocycles. The molecule has 4 N–H and O–H groups in total. The first-order chi connectivity index (χ1) is 7.67. The Morgan fingerprint density at radius 3 is 2.50 bits per heavy atom. The van der Waals surface area contributed by atoms with Gasteiger partial charge in [0, 0.05) is 30.4 Å². The first-order valence-electron chi connectivity index (χ1n) is 5.52. The van der Waals surface area contributed by atoms with Gasteiger partial charge in [-0.3, -0.25) is 4.79 Å². The normalized spacial score (nSPS) is 11.9. The number of nitrogens with one attached hydrogen (secondary N) is 2. The molecule has 0 fully saturated rings. The third-order valence-electron chi connectivity index (χ3n) is 2.25. The average molecular weight is 221 g/mol. The van der Waals surface area contributed by atoms with E-state index >= 15 is 0 Å². The van der Waals surface area contributed by atoms with Crippen molar-refractivity contribution >= 4 is 11.6 Å². The van der Waals surface area contributed by atoms with E-state index in [2.05, 4.69) is 10.6 Å². The predicted octanol–water partition coefficient (Wildman–Crippen LogP) is 1.20.